The number of rotatable bonds is 6. The summed E-state index contributed by atoms with van der Waals surface area (Å²) in [6.07, 6.45) is 5.85. The van der Waals surface area contributed by atoms with Crippen molar-refractivity contribution in [2.75, 3.05) is 68.9 Å². The van der Waals surface area contributed by atoms with E-state index in [0.29, 0.717) is 44.3 Å². The van der Waals surface area contributed by atoms with Crippen molar-refractivity contribution in [1.29, 1.82) is 0 Å². The van der Waals surface area contributed by atoms with Crippen LogP contribution in [0.25, 0.3) is 0 Å². The second-order valence-corrected chi connectivity index (χ2v) is 10.6. The minimum absolute atomic E-state index is 0.0274. The van der Waals surface area contributed by atoms with Crippen LogP contribution in [-0.4, -0.2) is 86.8 Å². The van der Waals surface area contributed by atoms with E-state index >= 15 is 0 Å². The van der Waals surface area contributed by atoms with Crippen LogP contribution in [0.15, 0.2) is 82.3 Å². The van der Waals surface area contributed by atoms with E-state index in [2.05, 4.69) is 20.0 Å². The molecule has 0 bridgehead atoms. The number of hydrogen-bond donors (Lipinski definition) is 0. The van der Waals surface area contributed by atoms with Gasteiger partial charge in [0.15, 0.2) is 0 Å². The first-order valence-corrected chi connectivity index (χ1v) is 14.4. The third-order valence-corrected chi connectivity index (χ3v) is 7.85. The first kappa shape index (κ1) is 27.2. The van der Waals surface area contributed by atoms with Gasteiger partial charge in [-0.15, -0.1) is 0 Å². The molecule has 10 nitrogen and oxygen atoms in total. The quantitative estimate of drug-likeness (QED) is 0.490. The molecule has 2 aromatic rings. The van der Waals surface area contributed by atoms with Gasteiger partial charge in [0.1, 0.15) is 0 Å². The molecule has 2 amide bonds. The molecule has 1 atom stereocenters. The van der Waals surface area contributed by atoms with Gasteiger partial charge in [-0.1, -0.05) is 12.2 Å². The van der Waals surface area contributed by atoms with Gasteiger partial charge in [-0.2, -0.15) is 10.2 Å². The molecule has 4 aliphatic heterocycles. The molecular formula is C31H36N6O4. The zero-order valence-corrected chi connectivity index (χ0v) is 23.4. The Labute approximate surface area is 240 Å². The van der Waals surface area contributed by atoms with Crippen molar-refractivity contribution in [3.8, 4) is 0 Å². The van der Waals surface area contributed by atoms with Gasteiger partial charge in [-0.05, 0) is 68.3 Å². The summed E-state index contributed by atoms with van der Waals surface area (Å²) < 4.78 is 11.1. The van der Waals surface area contributed by atoms with E-state index in [1.165, 1.54) is 0 Å². The van der Waals surface area contributed by atoms with Gasteiger partial charge in [-0.3, -0.25) is 9.59 Å². The van der Waals surface area contributed by atoms with E-state index in [9.17, 15) is 9.59 Å². The van der Waals surface area contributed by atoms with E-state index in [-0.39, 0.29) is 17.9 Å². The number of ether oxygens (including phenoxy) is 2. The fourth-order valence-electron chi connectivity index (χ4n) is 5.69. The normalized spacial score (nSPS) is 22.3. The predicted octanol–water partition coefficient (Wildman–Crippen LogP) is 4.40. The summed E-state index contributed by atoms with van der Waals surface area (Å²) in [6.45, 7) is 8.22. The Morgan fingerprint density at radius 1 is 0.659 bits per heavy atom. The third kappa shape index (κ3) is 6.03. The molecule has 0 N–H and O–H groups in total. The topological polar surface area (TPSA) is 90.3 Å². The standard InChI is InChI=1S/C31H36N6O4/c1-23-22-35(18-21-41-23)29-5-3-15-37(31(29)39)27-12-8-25(9-13-27)33-32-24-6-10-26(11-7-24)36-14-2-4-28(30(36)38)34-16-19-40-20-17-34/h4-13,23H,2-3,14-22H2,1H3/b33-32+. The molecule has 2 fully saturated rings. The fraction of sp³-hybridized carbons (Fsp3) is 0.419. The van der Waals surface area contributed by atoms with Crippen LogP contribution in [0, 0.1) is 0 Å². The Morgan fingerprint density at radius 2 is 1.15 bits per heavy atom. The number of azo groups is 1. The van der Waals surface area contributed by atoms with Crippen LogP contribution in [0.3, 0.4) is 0 Å². The highest BCUT2D eigenvalue weighted by Crippen LogP contribution is 2.29. The zero-order chi connectivity index (χ0) is 28.2. The van der Waals surface area contributed by atoms with Crippen LogP contribution in [0.1, 0.15) is 19.8 Å². The molecule has 1 unspecified atom stereocenters. The van der Waals surface area contributed by atoms with E-state index in [4.69, 9.17) is 9.47 Å². The molecule has 214 valence electrons. The Kier molecular flexibility index (Phi) is 8.11. The molecule has 41 heavy (non-hydrogen) atoms. The highest BCUT2D eigenvalue weighted by atomic mass is 16.5. The smallest absolute Gasteiger partial charge is 0.274 e. The maximum Gasteiger partial charge on any atom is 0.274 e. The minimum atomic E-state index is 0.0274. The maximum atomic E-state index is 13.3. The first-order chi connectivity index (χ1) is 20.1. The largest absolute Gasteiger partial charge is 0.378 e. The van der Waals surface area contributed by atoms with Gasteiger partial charge in [0.2, 0.25) is 0 Å². The molecule has 2 aromatic carbocycles. The van der Waals surface area contributed by atoms with Gasteiger partial charge < -0.3 is 29.1 Å². The molecule has 0 spiro atoms. The lowest BCUT2D eigenvalue weighted by Gasteiger charge is -2.37. The van der Waals surface area contributed by atoms with Crippen molar-refractivity contribution in [3.63, 3.8) is 0 Å². The number of carbonyl (C=O) groups excluding carboxylic acids is 2. The average molecular weight is 557 g/mol. The molecule has 6 rings (SSSR count). The molecule has 0 aliphatic carbocycles. The summed E-state index contributed by atoms with van der Waals surface area (Å²) in [7, 11) is 0. The van der Waals surface area contributed by atoms with Crippen molar-refractivity contribution in [2.45, 2.75) is 25.9 Å². The summed E-state index contributed by atoms with van der Waals surface area (Å²) in [5.41, 5.74) is 4.63. The molecular weight excluding hydrogens is 520 g/mol. The van der Waals surface area contributed by atoms with Gasteiger partial charge in [-0.25, -0.2) is 0 Å². The van der Waals surface area contributed by atoms with Gasteiger partial charge in [0, 0.05) is 50.6 Å². The highest BCUT2D eigenvalue weighted by Gasteiger charge is 2.30. The van der Waals surface area contributed by atoms with E-state index in [1.54, 1.807) is 0 Å². The zero-order valence-electron chi connectivity index (χ0n) is 23.4. The number of anilines is 2. The lowest BCUT2D eigenvalue weighted by molar-refractivity contribution is -0.118. The number of carbonyl (C=O) groups is 2. The Bertz CT molecular complexity index is 1350. The Balaban J connectivity index is 1.07. The second-order valence-electron chi connectivity index (χ2n) is 10.6. The van der Waals surface area contributed by atoms with Gasteiger partial charge in [0.05, 0.1) is 48.7 Å². The van der Waals surface area contributed by atoms with Crippen molar-refractivity contribution in [2.24, 2.45) is 10.2 Å². The van der Waals surface area contributed by atoms with E-state index in [0.717, 1.165) is 61.8 Å². The van der Waals surface area contributed by atoms with E-state index in [1.807, 2.05) is 77.4 Å². The van der Waals surface area contributed by atoms with Crippen LogP contribution in [0.2, 0.25) is 0 Å². The Morgan fingerprint density at radius 3 is 1.66 bits per heavy atom. The first-order valence-electron chi connectivity index (χ1n) is 14.4. The molecule has 0 radical (unpaired) electrons. The van der Waals surface area contributed by atoms with Crippen LogP contribution >= 0.6 is 0 Å². The molecule has 0 saturated carbocycles. The Hall–Kier alpha value is -4.02. The molecule has 0 aromatic heterocycles. The number of benzene rings is 2. The number of morpholine rings is 2. The monoisotopic (exact) mass is 556 g/mol. The minimum Gasteiger partial charge on any atom is -0.378 e. The highest BCUT2D eigenvalue weighted by molar-refractivity contribution is 6.06. The lowest BCUT2D eigenvalue weighted by Crippen LogP contribution is -2.47. The summed E-state index contributed by atoms with van der Waals surface area (Å²) in [5, 5.41) is 8.78. The second kappa shape index (κ2) is 12.2. The number of amides is 2. The molecule has 10 heteroatoms. The summed E-state index contributed by atoms with van der Waals surface area (Å²) in [5.74, 6) is 0.0569. The number of nitrogens with zero attached hydrogens (tertiary/aromatic N) is 6. The van der Waals surface area contributed by atoms with Crippen molar-refractivity contribution < 1.29 is 19.1 Å². The number of hydrogen-bond acceptors (Lipinski definition) is 8. The van der Waals surface area contributed by atoms with Crippen molar-refractivity contribution in [3.05, 3.63) is 72.1 Å². The fourth-order valence-corrected chi connectivity index (χ4v) is 5.69. The van der Waals surface area contributed by atoms with Crippen LogP contribution in [0.5, 0.6) is 0 Å². The van der Waals surface area contributed by atoms with Crippen LogP contribution in [0.4, 0.5) is 22.7 Å². The lowest BCUT2D eigenvalue weighted by atomic mass is 10.1. The van der Waals surface area contributed by atoms with Crippen molar-refractivity contribution in [1.82, 2.24) is 9.80 Å². The third-order valence-electron chi connectivity index (χ3n) is 7.85. The average Bonchev–Trinajstić information content (AvgIpc) is 3.01. The SMILES string of the molecule is CC1CN(C2=CCCN(c3ccc(/N=N/c4ccc(N5CCC=C(N6CCOCC6)C5=O)cc4)cc3)C2=O)CCO1. The molecule has 4 heterocycles. The summed E-state index contributed by atoms with van der Waals surface area (Å²) in [4.78, 5) is 34.4. The summed E-state index contributed by atoms with van der Waals surface area (Å²) in [6, 6.07) is 15.2. The van der Waals surface area contributed by atoms with Gasteiger partial charge >= 0.3 is 0 Å². The van der Waals surface area contributed by atoms with Gasteiger partial charge in [0.25, 0.3) is 11.8 Å². The van der Waals surface area contributed by atoms with E-state index < -0.39 is 0 Å². The maximum absolute atomic E-state index is 13.3. The predicted molar refractivity (Wildman–Crippen MR) is 157 cm³/mol. The molecule has 2 saturated heterocycles. The summed E-state index contributed by atoms with van der Waals surface area (Å²) >= 11 is 0. The van der Waals surface area contributed by atoms with Crippen LogP contribution in [-0.2, 0) is 19.1 Å². The molecule has 4 aliphatic rings. The van der Waals surface area contributed by atoms with Crippen molar-refractivity contribution >= 4 is 34.6 Å². The van der Waals surface area contributed by atoms with Crippen LogP contribution < -0.4 is 9.80 Å².